The summed E-state index contributed by atoms with van der Waals surface area (Å²) in [7, 11) is 0. The lowest BCUT2D eigenvalue weighted by atomic mass is 10.2. The molecule has 10 heteroatoms. The van der Waals surface area contributed by atoms with Crippen LogP contribution in [-0.4, -0.2) is 39.9 Å². The minimum absolute atomic E-state index is 0.0105. The smallest absolute Gasteiger partial charge is 0.294 e. The van der Waals surface area contributed by atoms with Gasteiger partial charge in [-0.25, -0.2) is 0 Å². The van der Waals surface area contributed by atoms with E-state index < -0.39 is 22.4 Å². The summed E-state index contributed by atoms with van der Waals surface area (Å²) >= 11 is 11.5. The van der Waals surface area contributed by atoms with Gasteiger partial charge in [0.2, 0.25) is 0 Å². The number of benzene rings is 1. The number of imide groups is 1. The molecule has 1 aliphatic rings. The molecule has 0 saturated heterocycles. The number of carbonyl (C=O) groups excluding carboxylic acids is 2. The van der Waals surface area contributed by atoms with Gasteiger partial charge in [-0.2, -0.15) is 0 Å². The Hall–Kier alpha value is -2.16. The van der Waals surface area contributed by atoms with Gasteiger partial charge in [-0.15, -0.1) is 0 Å². The van der Waals surface area contributed by atoms with E-state index in [1.807, 2.05) is 0 Å². The maximum atomic E-state index is 12.0. The van der Waals surface area contributed by atoms with Crippen LogP contribution in [0.5, 0.6) is 0 Å². The van der Waals surface area contributed by atoms with Crippen LogP contribution in [0.1, 0.15) is 0 Å². The number of hydrogen-bond donors (Lipinski definition) is 2. The maximum absolute atomic E-state index is 12.0. The SMILES string of the molecule is O=C1C=C(Nc2cc(Cl)c(Cl)cc2[N+](=O)[O-])C(=O)N1CCO. The number of carbonyl (C=O) groups is 2. The average molecular weight is 346 g/mol. The minimum Gasteiger partial charge on any atom is -0.395 e. The highest BCUT2D eigenvalue weighted by Crippen LogP contribution is 2.35. The molecule has 0 atom stereocenters. The van der Waals surface area contributed by atoms with Gasteiger partial charge >= 0.3 is 0 Å². The normalized spacial score (nSPS) is 14.3. The molecule has 0 bridgehead atoms. The Balaban J connectivity index is 2.34. The third-order valence-corrected chi connectivity index (χ3v) is 3.56. The van der Waals surface area contributed by atoms with Crippen molar-refractivity contribution in [1.82, 2.24) is 4.90 Å². The fourth-order valence-corrected chi connectivity index (χ4v) is 2.16. The van der Waals surface area contributed by atoms with Crippen LogP contribution in [-0.2, 0) is 9.59 Å². The van der Waals surface area contributed by atoms with Crippen molar-refractivity contribution >= 4 is 46.4 Å². The van der Waals surface area contributed by atoms with Crippen LogP contribution < -0.4 is 5.32 Å². The standard InChI is InChI=1S/C12H9Cl2N3O5/c13-6-3-8(10(17(21)22)4-7(6)14)15-9-5-11(19)16(1-2-18)12(9)20/h3-5,15,18H,1-2H2. The summed E-state index contributed by atoms with van der Waals surface area (Å²) in [5, 5.41) is 22.4. The lowest BCUT2D eigenvalue weighted by Gasteiger charge is -2.13. The number of nitrogens with zero attached hydrogens (tertiary/aromatic N) is 2. The number of nitrogens with one attached hydrogen (secondary N) is 1. The Morgan fingerprint density at radius 1 is 1.27 bits per heavy atom. The van der Waals surface area contributed by atoms with Crippen molar-refractivity contribution < 1.29 is 19.6 Å². The van der Waals surface area contributed by atoms with Crippen molar-refractivity contribution in [2.24, 2.45) is 0 Å². The first-order valence-corrected chi connectivity index (χ1v) is 6.69. The number of aliphatic hydroxyl groups excluding tert-OH is 1. The van der Waals surface area contributed by atoms with Crippen LogP contribution in [0, 0.1) is 10.1 Å². The van der Waals surface area contributed by atoms with Gasteiger partial charge in [-0.05, 0) is 6.07 Å². The molecule has 0 saturated carbocycles. The second-order valence-electron chi connectivity index (χ2n) is 4.24. The summed E-state index contributed by atoms with van der Waals surface area (Å²) in [6, 6.07) is 2.23. The second-order valence-corrected chi connectivity index (χ2v) is 5.06. The topological polar surface area (TPSA) is 113 Å². The van der Waals surface area contributed by atoms with E-state index in [1.54, 1.807) is 0 Å². The molecule has 1 heterocycles. The van der Waals surface area contributed by atoms with Gasteiger partial charge in [0.05, 0.1) is 28.1 Å². The Morgan fingerprint density at radius 3 is 2.50 bits per heavy atom. The number of anilines is 1. The molecular formula is C12H9Cl2N3O5. The first-order chi connectivity index (χ1) is 10.3. The molecule has 22 heavy (non-hydrogen) atoms. The van der Waals surface area contributed by atoms with Crippen molar-refractivity contribution in [3.63, 3.8) is 0 Å². The lowest BCUT2D eigenvalue weighted by molar-refractivity contribution is -0.383. The largest absolute Gasteiger partial charge is 0.395 e. The number of β-amino-alcohol motifs (C(OH)–C–C–N with tert-alkyl or cyclic N) is 1. The maximum Gasteiger partial charge on any atom is 0.294 e. The number of nitro groups is 1. The van der Waals surface area contributed by atoms with Crippen LogP contribution >= 0.6 is 23.2 Å². The molecular weight excluding hydrogens is 337 g/mol. The highest BCUT2D eigenvalue weighted by atomic mass is 35.5. The van der Waals surface area contributed by atoms with E-state index >= 15 is 0 Å². The van der Waals surface area contributed by atoms with E-state index in [0.29, 0.717) is 0 Å². The quantitative estimate of drug-likeness (QED) is 0.475. The zero-order chi connectivity index (χ0) is 16.4. The van der Waals surface area contributed by atoms with Crippen molar-refractivity contribution in [3.8, 4) is 0 Å². The third-order valence-electron chi connectivity index (χ3n) is 2.84. The highest BCUT2D eigenvalue weighted by Gasteiger charge is 2.32. The first kappa shape index (κ1) is 16.2. The molecule has 1 aromatic rings. The van der Waals surface area contributed by atoms with Crippen LogP contribution in [0.3, 0.4) is 0 Å². The molecule has 116 valence electrons. The van der Waals surface area contributed by atoms with Gasteiger partial charge < -0.3 is 10.4 Å². The zero-order valence-electron chi connectivity index (χ0n) is 10.9. The van der Waals surface area contributed by atoms with Crippen molar-refractivity contribution in [2.75, 3.05) is 18.5 Å². The summed E-state index contributed by atoms with van der Waals surface area (Å²) in [6.45, 7) is -0.547. The lowest BCUT2D eigenvalue weighted by Crippen LogP contribution is -2.34. The summed E-state index contributed by atoms with van der Waals surface area (Å²) in [5.74, 6) is -1.32. The van der Waals surface area contributed by atoms with Crippen LogP contribution in [0.25, 0.3) is 0 Å². The average Bonchev–Trinajstić information content (AvgIpc) is 2.70. The monoisotopic (exact) mass is 345 g/mol. The van der Waals surface area contributed by atoms with Crippen LogP contribution in [0.15, 0.2) is 23.9 Å². The summed E-state index contributed by atoms with van der Waals surface area (Å²) in [6.07, 6.45) is 0.990. The number of aliphatic hydroxyl groups is 1. The predicted octanol–water partition coefficient (Wildman–Crippen LogP) is 1.56. The highest BCUT2D eigenvalue weighted by molar-refractivity contribution is 6.42. The number of halogens is 2. The van der Waals surface area contributed by atoms with E-state index in [0.717, 1.165) is 17.0 Å². The second kappa shape index (κ2) is 6.30. The first-order valence-electron chi connectivity index (χ1n) is 5.94. The molecule has 8 nitrogen and oxygen atoms in total. The van der Waals surface area contributed by atoms with Crippen molar-refractivity contribution in [3.05, 3.63) is 44.1 Å². The number of hydrogen-bond acceptors (Lipinski definition) is 6. The molecule has 2 amide bonds. The minimum atomic E-state index is -0.697. The Labute approximate surface area is 134 Å². The van der Waals surface area contributed by atoms with Crippen LogP contribution in [0.4, 0.5) is 11.4 Å². The number of nitro benzene ring substituents is 1. The van der Waals surface area contributed by atoms with Crippen molar-refractivity contribution in [2.45, 2.75) is 0 Å². The van der Waals surface area contributed by atoms with Gasteiger partial charge in [0.15, 0.2) is 0 Å². The molecule has 0 aliphatic carbocycles. The Kier molecular flexibility index (Phi) is 4.65. The molecule has 1 aromatic carbocycles. The molecule has 0 unspecified atom stereocenters. The Morgan fingerprint density at radius 2 is 1.91 bits per heavy atom. The zero-order valence-corrected chi connectivity index (χ0v) is 12.4. The van der Waals surface area contributed by atoms with E-state index in [4.69, 9.17) is 28.3 Å². The van der Waals surface area contributed by atoms with Gasteiger partial charge in [0, 0.05) is 12.1 Å². The summed E-state index contributed by atoms with van der Waals surface area (Å²) in [4.78, 5) is 34.7. The van der Waals surface area contributed by atoms with Gasteiger partial charge in [0.1, 0.15) is 11.4 Å². The Bertz CT molecular complexity index is 704. The molecule has 0 radical (unpaired) electrons. The molecule has 0 aromatic heterocycles. The van der Waals surface area contributed by atoms with E-state index in [9.17, 15) is 19.7 Å². The van der Waals surface area contributed by atoms with Gasteiger partial charge in [-0.3, -0.25) is 24.6 Å². The molecule has 1 aliphatic heterocycles. The van der Waals surface area contributed by atoms with E-state index in [-0.39, 0.29) is 34.6 Å². The van der Waals surface area contributed by atoms with E-state index in [2.05, 4.69) is 5.32 Å². The summed E-state index contributed by atoms with van der Waals surface area (Å²) < 4.78 is 0. The fraction of sp³-hybridized carbons (Fsp3) is 0.167. The fourth-order valence-electron chi connectivity index (χ4n) is 1.84. The summed E-state index contributed by atoms with van der Waals surface area (Å²) in [5.41, 5.74) is -0.617. The van der Waals surface area contributed by atoms with Crippen LogP contribution in [0.2, 0.25) is 10.0 Å². The van der Waals surface area contributed by atoms with Gasteiger partial charge in [-0.1, -0.05) is 23.2 Å². The molecule has 2 rings (SSSR count). The third kappa shape index (κ3) is 3.03. The molecule has 2 N–H and O–H groups in total. The predicted molar refractivity (Wildman–Crippen MR) is 78.6 cm³/mol. The van der Waals surface area contributed by atoms with E-state index in [1.165, 1.54) is 6.07 Å². The molecule has 0 fully saturated rings. The number of amides is 2. The molecule has 0 spiro atoms. The van der Waals surface area contributed by atoms with Crippen molar-refractivity contribution in [1.29, 1.82) is 0 Å². The number of rotatable bonds is 5. The van der Waals surface area contributed by atoms with Gasteiger partial charge in [0.25, 0.3) is 17.5 Å².